The predicted octanol–water partition coefficient (Wildman–Crippen LogP) is 4.04. The molecule has 2 atom stereocenters. The highest BCUT2D eigenvalue weighted by atomic mass is 35.5. The number of rotatable bonds is 5. The van der Waals surface area contributed by atoms with Gasteiger partial charge in [0.2, 0.25) is 0 Å². The number of likely N-dealkylation sites (tertiary alicyclic amines) is 1. The average Bonchev–Trinajstić information content (AvgIpc) is 2.82. The molecule has 19 heavy (non-hydrogen) atoms. The molecule has 106 valence electrons. The van der Waals surface area contributed by atoms with Gasteiger partial charge in [0.1, 0.15) is 0 Å². The van der Waals surface area contributed by atoms with Crippen LogP contribution >= 0.6 is 22.9 Å². The van der Waals surface area contributed by atoms with Crippen molar-refractivity contribution >= 4 is 28.9 Å². The Hall–Kier alpha value is -0.580. The van der Waals surface area contributed by atoms with Gasteiger partial charge >= 0.3 is 5.97 Å². The summed E-state index contributed by atoms with van der Waals surface area (Å²) in [4.78, 5) is 13.1. The van der Waals surface area contributed by atoms with Crippen molar-refractivity contribution in [1.29, 1.82) is 0 Å². The zero-order chi connectivity index (χ0) is 13.8. The Morgan fingerprint density at radius 2 is 2.47 bits per heavy atom. The van der Waals surface area contributed by atoms with Gasteiger partial charge in [0.05, 0.1) is 4.34 Å². The zero-order valence-electron chi connectivity index (χ0n) is 11.1. The Bertz CT molecular complexity index is 435. The van der Waals surface area contributed by atoms with Crippen molar-refractivity contribution in [2.45, 2.75) is 38.6 Å². The van der Waals surface area contributed by atoms with E-state index in [1.165, 1.54) is 5.56 Å². The van der Waals surface area contributed by atoms with Gasteiger partial charge < -0.3 is 5.11 Å². The van der Waals surface area contributed by atoms with Crippen molar-refractivity contribution in [3.05, 3.63) is 21.3 Å². The van der Waals surface area contributed by atoms with Gasteiger partial charge in [0, 0.05) is 19.0 Å². The van der Waals surface area contributed by atoms with Crippen LogP contribution in [0.15, 0.2) is 11.4 Å². The van der Waals surface area contributed by atoms with E-state index in [9.17, 15) is 4.79 Å². The third kappa shape index (κ3) is 4.20. The summed E-state index contributed by atoms with van der Waals surface area (Å²) < 4.78 is 0.835. The van der Waals surface area contributed by atoms with Crippen LogP contribution in [0.5, 0.6) is 0 Å². The second-order valence-electron chi connectivity index (χ2n) is 5.30. The van der Waals surface area contributed by atoms with Crippen molar-refractivity contribution < 1.29 is 9.90 Å². The summed E-state index contributed by atoms with van der Waals surface area (Å²) >= 11 is 7.56. The van der Waals surface area contributed by atoms with Crippen LogP contribution in [0.2, 0.25) is 4.34 Å². The van der Waals surface area contributed by atoms with Gasteiger partial charge in [-0.05, 0) is 55.7 Å². The number of hydrogen-bond donors (Lipinski definition) is 1. The number of nitrogens with zero attached hydrogens (tertiary/aromatic N) is 1. The summed E-state index contributed by atoms with van der Waals surface area (Å²) in [5.74, 6) is -0.170. The lowest BCUT2D eigenvalue weighted by molar-refractivity contribution is -0.137. The fraction of sp³-hybridized carbons (Fsp3) is 0.643. The first-order valence-electron chi connectivity index (χ1n) is 6.76. The van der Waals surface area contributed by atoms with E-state index in [1.54, 1.807) is 11.3 Å². The number of piperidine rings is 1. The number of thiophene rings is 1. The van der Waals surface area contributed by atoms with Gasteiger partial charge in [0.25, 0.3) is 0 Å². The third-order valence-corrected chi connectivity index (χ3v) is 5.04. The molecule has 1 aromatic heterocycles. The molecule has 0 saturated carbocycles. The fourth-order valence-corrected chi connectivity index (χ4v) is 3.74. The van der Waals surface area contributed by atoms with E-state index in [2.05, 4.69) is 17.2 Å². The van der Waals surface area contributed by atoms with E-state index in [4.69, 9.17) is 16.7 Å². The van der Waals surface area contributed by atoms with Gasteiger partial charge in [-0.2, -0.15) is 0 Å². The van der Waals surface area contributed by atoms with Crippen molar-refractivity contribution in [2.24, 2.45) is 5.92 Å². The minimum Gasteiger partial charge on any atom is -0.481 e. The summed E-state index contributed by atoms with van der Waals surface area (Å²) in [6.07, 6.45) is 3.40. The number of halogens is 1. The van der Waals surface area contributed by atoms with Gasteiger partial charge in [-0.15, -0.1) is 11.3 Å². The van der Waals surface area contributed by atoms with E-state index < -0.39 is 5.97 Å². The van der Waals surface area contributed by atoms with Crippen LogP contribution in [-0.2, 0) is 4.79 Å². The van der Waals surface area contributed by atoms with Crippen LogP contribution in [-0.4, -0.2) is 29.1 Å². The lowest BCUT2D eigenvalue weighted by Crippen LogP contribution is -2.37. The number of carbonyl (C=O) groups is 1. The molecule has 1 aliphatic rings. The molecule has 0 amide bonds. The van der Waals surface area contributed by atoms with Crippen molar-refractivity contribution in [1.82, 2.24) is 4.90 Å². The first-order chi connectivity index (χ1) is 9.06. The molecular weight excluding hydrogens is 282 g/mol. The minimum atomic E-state index is -0.685. The van der Waals surface area contributed by atoms with Crippen molar-refractivity contribution in [3.63, 3.8) is 0 Å². The molecular formula is C14H20ClNO2S. The maximum Gasteiger partial charge on any atom is 0.303 e. The van der Waals surface area contributed by atoms with Gasteiger partial charge in [-0.25, -0.2) is 0 Å². The highest BCUT2D eigenvalue weighted by Crippen LogP contribution is 2.32. The smallest absolute Gasteiger partial charge is 0.303 e. The Kier molecular flexibility index (Phi) is 5.25. The van der Waals surface area contributed by atoms with Crippen LogP contribution in [0.1, 0.15) is 44.2 Å². The van der Waals surface area contributed by atoms with E-state index in [0.717, 1.165) is 36.7 Å². The first-order valence-corrected chi connectivity index (χ1v) is 8.02. The maximum absolute atomic E-state index is 10.7. The van der Waals surface area contributed by atoms with E-state index >= 15 is 0 Å². The Morgan fingerprint density at radius 1 is 1.68 bits per heavy atom. The molecule has 5 heteroatoms. The molecule has 1 saturated heterocycles. The molecule has 0 aromatic carbocycles. The van der Waals surface area contributed by atoms with Crippen LogP contribution in [0.3, 0.4) is 0 Å². The highest BCUT2D eigenvalue weighted by molar-refractivity contribution is 7.14. The first kappa shape index (κ1) is 14.8. The predicted molar refractivity (Wildman–Crippen MR) is 78.9 cm³/mol. The number of aliphatic carboxylic acids is 1. The second kappa shape index (κ2) is 6.73. The molecule has 1 aromatic rings. The van der Waals surface area contributed by atoms with E-state index in [1.807, 2.05) is 6.07 Å². The Morgan fingerprint density at radius 3 is 3.11 bits per heavy atom. The molecule has 1 fully saturated rings. The molecule has 1 N–H and O–H groups in total. The SMILES string of the molecule is CC(c1csc(Cl)c1)N1CCCC(CCC(=O)O)C1. The lowest BCUT2D eigenvalue weighted by Gasteiger charge is -2.36. The van der Waals surface area contributed by atoms with Crippen molar-refractivity contribution in [2.75, 3.05) is 13.1 Å². The fourth-order valence-electron chi connectivity index (χ4n) is 2.77. The van der Waals surface area contributed by atoms with Crippen LogP contribution < -0.4 is 0 Å². The van der Waals surface area contributed by atoms with E-state index in [-0.39, 0.29) is 6.42 Å². The average molecular weight is 302 g/mol. The third-order valence-electron chi connectivity index (χ3n) is 3.93. The summed E-state index contributed by atoms with van der Waals surface area (Å²) in [5, 5.41) is 10.9. The zero-order valence-corrected chi connectivity index (χ0v) is 12.7. The molecule has 0 spiro atoms. The van der Waals surface area contributed by atoms with Gasteiger partial charge in [-0.3, -0.25) is 9.69 Å². The summed E-state index contributed by atoms with van der Waals surface area (Å²) in [6, 6.07) is 2.41. The minimum absolute atomic E-state index is 0.289. The summed E-state index contributed by atoms with van der Waals surface area (Å²) in [6.45, 7) is 4.30. The molecule has 2 heterocycles. The molecule has 2 rings (SSSR count). The highest BCUT2D eigenvalue weighted by Gasteiger charge is 2.25. The van der Waals surface area contributed by atoms with Gasteiger partial charge in [0.15, 0.2) is 0 Å². The second-order valence-corrected chi connectivity index (χ2v) is 6.84. The molecule has 0 bridgehead atoms. The van der Waals surface area contributed by atoms with Gasteiger partial charge in [-0.1, -0.05) is 11.6 Å². The number of carboxylic acid groups (broad SMARTS) is 1. The monoisotopic (exact) mass is 301 g/mol. The number of hydrogen-bond acceptors (Lipinski definition) is 3. The molecule has 2 unspecified atom stereocenters. The molecule has 3 nitrogen and oxygen atoms in total. The summed E-state index contributed by atoms with van der Waals surface area (Å²) in [7, 11) is 0. The summed E-state index contributed by atoms with van der Waals surface area (Å²) in [5.41, 5.74) is 1.27. The standard InChI is InChI=1S/C14H20ClNO2S/c1-10(12-7-13(15)19-9-12)16-6-2-3-11(8-16)4-5-14(17)18/h7,9-11H,2-6,8H2,1H3,(H,17,18). The van der Waals surface area contributed by atoms with Crippen molar-refractivity contribution in [3.8, 4) is 0 Å². The Balaban J connectivity index is 1.91. The quantitative estimate of drug-likeness (QED) is 0.892. The topological polar surface area (TPSA) is 40.5 Å². The van der Waals surface area contributed by atoms with Crippen LogP contribution in [0, 0.1) is 5.92 Å². The lowest BCUT2D eigenvalue weighted by atomic mass is 9.92. The normalized spacial score (nSPS) is 22.3. The maximum atomic E-state index is 10.7. The van der Waals surface area contributed by atoms with Crippen LogP contribution in [0.25, 0.3) is 0 Å². The largest absolute Gasteiger partial charge is 0.481 e. The molecule has 0 radical (unpaired) electrons. The molecule has 1 aliphatic heterocycles. The van der Waals surface area contributed by atoms with Crippen LogP contribution in [0.4, 0.5) is 0 Å². The molecule has 0 aliphatic carbocycles. The Labute approximate surface area is 123 Å². The van der Waals surface area contributed by atoms with E-state index in [0.29, 0.717) is 12.0 Å². The number of carboxylic acids is 1.